The van der Waals surface area contributed by atoms with Gasteiger partial charge < -0.3 is 4.72 Å². The van der Waals surface area contributed by atoms with Crippen molar-refractivity contribution in [3.05, 3.63) is 36.6 Å². The first-order valence-corrected chi connectivity index (χ1v) is 7.39. The lowest BCUT2D eigenvalue weighted by atomic mass is 10.0. The lowest BCUT2D eigenvalue weighted by Gasteiger charge is -2.31. The van der Waals surface area contributed by atoms with Crippen LogP contribution in [0.15, 0.2) is 36.6 Å². The highest BCUT2D eigenvalue weighted by atomic mass is 32.2. The van der Waals surface area contributed by atoms with E-state index in [-0.39, 0.29) is 0 Å². The minimum atomic E-state index is 0.419. The lowest BCUT2D eigenvalue weighted by molar-refractivity contribution is 0.230. The van der Waals surface area contributed by atoms with Crippen molar-refractivity contribution >= 4 is 11.9 Å². The van der Waals surface area contributed by atoms with Gasteiger partial charge >= 0.3 is 0 Å². The molecule has 1 aliphatic rings. The molecule has 0 saturated carbocycles. The number of rotatable bonds is 6. The Kier molecular flexibility index (Phi) is 6.45. The maximum atomic E-state index is 4.14. The number of nitrogens with zero attached hydrogens (tertiary/aromatic N) is 1. The summed E-state index contributed by atoms with van der Waals surface area (Å²) in [5, 5.41) is 0. The van der Waals surface area contributed by atoms with Gasteiger partial charge in [0.05, 0.1) is 0 Å². The number of nitrogens with one attached hydrogen (secondary N) is 1. The normalized spacial score (nSPS) is 18.5. The molecule has 0 amide bonds. The van der Waals surface area contributed by atoms with E-state index in [1.807, 2.05) is 6.26 Å². The molecule has 17 heavy (non-hydrogen) atoms. The van der Waals surface area contributed by atoms with Crippen LogP contribution in [0, 0.1) is 0 Å². The quantitative estimate of drug-likeness (QED) is 0.576. The molecule has 0 aromatic heterocycles. The predicted molar refractivity (Wildman–Crippen MR) is 79.0 cm³/mol. The van der Waals surface area contributed by atoms with Gasteiger partial charge in [0.1, 0.15) is 0 Å². The molecule has 96 valence electrons. The molecule has 2 nitrogen and oxygen atoms in total. The zero-order valence-corrected chi connectivity index (χ0v) is 11.9. The molecular formula is C14H24N2S. The summed E-state index contributed by atoms with van der Waals surface area (Å²) in [6, 6.07) is 0.419. The van der Waals surface area contributed by atoms with E-state index in [0.29, 0.717) is 6.04 Å². The van der Waals surface area contributed by atoms with Crippen LogP contribution in [0.2, 0.25) is 0 Å². The van der Waals surface area contributed by atoms with Crippen LogP contribution in [0.1, 0.15) is 26.2 Å². The average molecular weight is 252 g/mol. The van der Waals surface area contributed by atoms with Gasteiger partial charge in [-0.1, -0.05) is 42.8 Å². The maximum absolute atomic E-state index is 4.14. The topological polar surface area (TPSA) is 15.3 Å². The third kappa shape index (κ3) is 5.00. The SMILES string of the molecule is C=C(CC(C(=C)C)N1CCC=CCC1)NSC. The van der Waals surface area contributed by atoms with Gasteiger partial charge in [0, 0.05) is 37.5 Å². The molecule has 0 bridgehead atoms. The van der Waals surface area contributed by atoms with E-state index in [0.717, 1.165) is 38.0 Å². The highest BCUT2D eigenvalue weighted by Crippen LogP contribution is 2.19. The van der Waals surface area contributed by atoms with Crippen molar-refractivity contribution in [3.8, 4) is 0 Å². The summed E-state index contributed by atoms with van der Waals surface area (Å²) >= 11 is 1.60. The minimum Gasteiger partial charge on any atom is -0.334 e. The first-order chi connectivity index (χ1) is 8.15. The van der Waals surface area contributed by atoms with Crippen molar-refractivity contribution in [1.82, 2.24) is 9.62 Å². The molecule has 0 saturated heterocycles. The fourth-order valence-electron chi connectivity index (χ4n) is 2.17. The Morgan fingerprint density at radius 2 is 1.94 bits per heavy atom. The third-order valence-electron chi connectivity index (χ3n) is 3.03. The molecule has 1 atom stereocenters. The Hall–Kier alpha value is -0.670. The minimum absolute atomic E-state index is 0.419. The molecule has 0 fully saturated rings. The molecule has 1 N–H and O–H groups in total. The van der Waals surface area contributed by atoms with Crippen LogP contribution in [-0.4, -0.2) is 30.3 Å². The second kappa shape index (κ2) is 7.62. The molecule has 0 radical (unpaired) electrons. The van der Waals surface area contributed by atoms with Gasteiger partial charge in [-0.05, 0) is 19.8 Å². The van der Waals surface area contributed by atoms with Crippen LogP contribution in [0.4, 0.5) is 0 Å². The first-order valence-electron chi connectivity index (χ1n) is 6.16. The van der Waals surface area contributed by atoms with Gasteiger partial charge in [-0.15, -0.1) is 0 Å². The summed E-state index contributed by atoms with van der Waals surface area (Å²) < 4.78 is 3.22. The van der Waals surface area contributed by atoms with Crippen LogP contribution in [0.5, 0.6) is 0 Å². The van der Waals surface area contributed by atoms with Gasteiger partial charge in [0.25, 0.3) is 0 Å². The van der Waals surface area contributed by atoms with E-state index >= 15 is 0 Å². The Labute approximate surface area is 110 Å². The monoisotopic (exact) mass is 252 g/mol. The molecule has 0 aromatic carbocycles. The average Bonchev–Trinajstić information content (AvgIpc) is 2.54. The fourth-order valence-corrected chi connectivity index (χ4v) is 2.55. The summed E-state index contributed by atoms with van der Waals surface area (Å²) in [6.45, 7) is 12.6. The van der Waals surface area contributed by atoms with Crippen LogP contribution in [0.3, 0.4) is 0 Å². The Balaban J connectivity index is 2.58. The summed E-state index contributed by atoms with van der Waals surface area (Å²) in [6.07, 6.45) is 9.83. The van der Waals surface area contributed by atoms with Gasteiger partial charge in [0.15, 0.2) is 0 Å². The first kappa shape index (κ1) is 14.4. The number of hydrogen-bond acceptors (Lipinski definition) is 3. The summed E-state index contributed by atoms with van der Waals surface area (Å²) in [4.78, 5) is 2.52. The van der Waals surface area contributed by atoms with Crippen molar-refractivity contribution < 1.29 is 0 Å². The van der Waals surface area contributed by atoms with E-state index in [1.54, 1.807) is 11.9 Å². The fraction of sp³-hybridized carbons (Fsp3) is 0.571. The number of hydrogen-bond donors (Lipinski definition) is 1. The van der Waals surface area contributed by atoms with Crippen LogP contribution in [-0.2, 0) is 0 Å². The van der Waals surface area contributed by atoms with Crippen LogP contribution < -0.4 is 4.72 Å². The van der Waals surface area contributed by atoms with Gasteiger partial charge in [-0.2, -0.15) is 0 Å². The summed E-state index contributed by atoms with van der Waals surface area (Å²) in [5.41, 5.74) is 2.32. The molecule has 0 aromatic rings. The molecule has 0 spiro atoms. The summed E-state index contributed by atoms with van der Waals surface area (Å²) in [5.74, 6) is 0. The zero-order chi connectivity index (χ0) is 12.7. The predicted octanol–water partition coefficient (Wildman–Crippen LogP) is 3.35. The van der Waals surface area contributed by atoms with Crippen LogP contribution >= 0.6 is 11.9 Å². The van der Waals surface area contributed by atoms with E-state index in [9.17, 15) is 0 Å². The molecule has 1 heterocycles. The molecular weight excluding hydrogens is 228 g/mol. The van der Waals surface area contributed by atoms with Gasteiger partial charge in [-0.25, -0.2) is 0 Å². The van der Waals surface area contributed by atoms with E-state index in [2.05, 4.69) is 41.9 Å². The van der Waals surface area contributed by atoms with E-state index < -0.39 is 0 Å². The van der Waals surface area contributed by atoms with Gasteiger partial charge in [0.2, 0.25) is 0 Å². The molecule has 1 aliphatic heterocycles. The van der Waals surface area contributed by atoms with Crippen molar-refractivity contribution in [2.45, 2.75) is 32.2 Å². The van der Waals surface area contributed by atoms with E-state index in [4.69, 9.17) is 0 Å². The van der Waals surface area contributed by atoms with Crippen molar-refractivity contribution in [1.29, 1.82) is 0 Å². The van der Waals surface area contributed by atoms with E-state index in [1.165, 1.54) is 5.57 Å². The van der Waals surface area contributed by atoms with Crippen molar-refractivity contribution in [2.75, 3.05) is 19.3 Å². The summed E-state index contributed by atoms with van der Waals surface area (Å²) in [7, 11) is 0. The molecule has 3 heteroatoms. The Bertz CT molecular complexity index is 287. The standard InChI is InChI=1S/C14H24N2S/c1-12(2)14(11-13(3)15-17-4)16-9-7-5-6-8-10-16/h5-6,14-15H,1,3,7-11H2,2,4H3. The maximum Gasteiger partial charge on any atom is 0.0357 e. The third-order valence-corrected chi connectivity index (χ3v) is 3.52. The Morgan fingerprint density at radius 3 is 2.41 bits per heavy atom. The lowest BCUT2D eigenvalue weighted by Crippen LogP contribution is -2.37. The van der Waals surface area contributed by atoms with Crippen molar-refractivity contribution in [3.63, 3.8) is 0 Å². The highest BCUT2D eigenvalue weighted by Gasteiger charge is 2.19. The highest BCUT2D eigenvalue weighted by molar-refractivity contribution is 7.96. The van der Waals surface area contributed by atoms with Crippen LogP contribution in [0.25, 0.3) is 0 Å². The second-order valence-corrected chi connectivity index (χ2v) is 5.17. The smallest absolute Gasteiger partial charge is 0.0357 e. The largest absolute Gasteiger partial charge is 0.334 e. The van der Waals surface area contributed by atoms with Crippen molar-refractivity contribution in [2.24, 2.45) is 0 Å². The molecule has 1 unspecified atom stereocenters. The second-order valence-electron chi connectivity index (χ2n) is 4.56. The van der Waals surface area contributed by atoms with Gasteiger partial charge in [-0.3, -0.25) is 4.90 Å². The Morgan fingerprint density at radius 1 is 1.35 bits per heavy atom. The molecule has 1 rings (SSSR count). The molecule has 0 aliphatic carbocycles. The zero-order valence-electron chi connectivity index (χ0n) is 11.0.